The third-order valence-electron chi connectivity index (χ3n) is 2.90. The summed E-state index contributed by atoms with van der Waals surface area (Å²) in [6, 6.07) is 2.84. The highest BCUT2D eigenvalue weighted by atomic mass is 19.2. The molecule has 0 aromatic heterocycles. The first-order chi connectivity index (χ1) is 7.59. The zero-order chi connectivity index (χ0) is 11.7. The van der Waals surface area contributed by atoms with Crippen LogP contribution in [0.1, 0.15) is 12.8 Å². The number of nitrogens with two attached hydrogens (primary N) is 1. The molecule has 2 rings (SSSR count). The second-order valence-electron chi connectivity index (χ2n) is 4.02. The number of hydrogen-bond acceptors (Lipinski definition) is 3. The third kappa shape index (κ3) is 1.95. The average molecular weight is 228 g/mol. The van der Waals surface area contributed by atoms with Gasteiger partial charge in [0.25, 0.3) is 0 Å². The van der Waals surface area contributed by atoms with E-state index in [4.69, 9.17) is 5.73 Å². The monoisotopic (exact) mass is 228 g/mol. The molecule has 0 aliphatic carbocycles. The molecule has 0 atom stereocenters. The molecule has 1 aromatic carbocycles. The van der Waals surface area contributed by atoms with Crippen molar-refractivity contribution in [3.63, 3.8) is 0 Å². The quantitative estimate of drug-likeness (QED) is 0.716. The number of aliphatic hydroxyl groups excluding tert-OH is 1. The number of anilines is 2. The van der Waals surface area contributed by atoms with Gasteiger partial charge in [0.05, 0.1) is 17.5 Å². The van der Waals surface area contributed by atoms with Crippen molar-refractivity contribution < 1.29 is 13.9 Å². The minimum absolute atomic E-state index is 0.182. The topological polar surface area (TPSA) is 49.5 Å². The summed E-state index contributed by atoms with van der Waals surface area (Å²) in [5.74, 6) is -1.90. The molecule has 0 spiro atoms. The Kier molecular flexibility index (Phi) is 2.96. The lowest BCUT2D eigenvalue weighted by molar-refractivity contribution is 0.145. The van der Waals surface area contributed by atoms with Crippen LogP contribution in [0.5, 0.6) is 0 Å². The summed E-state index contributed by atoms with van der Waals surface area (Å²) in [5, 5.41) is 9.33. The maximum absolute atomic E-state index is 13.6. The lowest BCUT2D eigenvalue weighted by Crippen LogP contribution is -2.36. The normalized spacial score (nSPS) is 17.8. The molecular weight excluding hydrogens is 214 g/mol. The Morgan fingerprint density at radius 1 is 1.19 bits per heavy atom. The summed E-state index contributed by atoms with van der Waals surface area (Å²) in [4.78, 5) is 1.73. The number of rotatable bonds is 1. The zero-order valence-corrected chi connectivity index (χ0v) is 8.79. The summed E-state index contributed by atoms with van der Waals surface area (Å²) in [6.45, 7) is 1.06. The first kappa shape index (κ1) is 11.1. The van der Waals surface area contributed by atoms with Gasteiger partial charge in [-0.2, -0.15) is 0 Å². The molecule has 1 fully saturated rings. The van der Waals surface area contributed by atoms with Gasteiger partial charge in [0, 0.05) is 13.1 Å². The molecular formula is C11H14F2N2O. The van der Waals surface area contributed by atoms with Gasteiger partial charge >= 0.3 is 0 Å². The van der Waals surface area contributed by atoms with Crippen LogP contribution in [0.4, 0.5) is 20.2 Å². The van der Waals surface area contributed by atoms with Crippen LogP contribution in [0.25, 0.3) is 0 Å². The van der Waals surface area contributed by atoms with Gasteiger partial charge in [-0.15, -0.1) is 0 Å². The van der Waals surface area contributed by atoms with Crippen LogP contribution >= 0.6 is 0 Å². The first-order valence-corrected chi connectivity index (χ1v) is 5.26. The van der Waals surface area contributed by atoms with Crippen molar-refractivity contribution in [3.05, 3.63) is 23.8 Å². The molecule has 0 amide bonds. The fourth-order valence-corrected chi connectivity index (χ4v) is 1.91. The molecule has 5 heteroatoms. The van der Waals surface area contributed by atoms with E-state index >= 15 is 0 Å². The van der Waals surface area contributed by atoms with Gasteiger partial charge in [-0.3, -0.25) is 0 Å². The van der Waals surface area contributed by atoms with Crippen LogP contribution in [0.15, 0.2) is 12.1 Å². The van der Waals surface area contributed by atoms with Crippen molar-refractivity contribution >= 4 is 11.4 Å². The summed E-state index contributed by atoms with van der Waals surface area (Å²) < 4.78 is 26.8. The van der Waals surface area contributed by atoms with E-state index < -0.39 is 11.6 Å². The Morgan fingerprint density at radius 3 is 2.44 bits per heavy atom. The van der Waals surface area contributed by atoms with E-state index in [2.05, 4.69) is 0 Å². The Morgan fingerprint density at radius 2 is 1.81 bits per heavy atom. The molecule has 0 bridgehead atoms. The van der Waals surface area contributed by atoms with Crippen LogP contribution in [0.2, 0.25) is 0 Å². The van der Waals surface area contributed by atoms with Gasteiger partial charge in [-0.1, -0.05) is 0 Å². The molecule has 1 saturated heterocycles. The van der Waals surface area contributed by atoms with E-state index in [-0.39, 0.29) is 17.5 Å². The Hall–Kier alpha value is -1.36. The molecule has 88 valence electrons. The number of piperidine rings is 1. The molecule has 3 N–H and O–H groups in total. The highest BCUT2D eigenvalue weighted by Gasteiger charge is 2.21. The highest BCUT2D eigenvalue weighted by molar-refractivity contribution is 5.55. The maximum atomic E-state index is 13.6. The number of aliphatic hydroxyl groups is 1. The second-order valence-corrected chi connectivity index (χ2v) is 4.02. The molecule has 0 radical (unpaired) electrons. The summed E-state index contributed by atoms with van der Waals surface area (Å²) >= 11 is 0. The van der Waals surface area contributed by atoms with Crippen molar-refractivity contribution in [1.29, 1.82) is 0 Å². The summed E-state index contributed by atoms with van der Waals surface area (Å²) in [6.07, 6.45) is 0.814. The van der Waals surface area contributed by atoms with Crippen molar-refractivity contribution in [2.75, 3.05) is 23.7 Å². The van der Waals surface area contributed by atoms with E-state index in [9.17, 15) is 13.9 Å². The number of nitrogen functional groups attached to an aromatic ring is 1. The molecule has 0 unspecified atom stereocenters. The number of hydrogen-bond donors (Lipinski definition) is 2. The molecule has 1 heterocycles. The fraction of sp³-hybridized carbons (Fsp3) is 0.455. The minimum Gasteiger partial charge on any atom is -0.396 e. The SMILES string of the molecule is Nc1ccc(N2CCC(O)CC2)c(F)c1F. The van der Waals surface area contributed by atoms with Crippen LogP contribution in [0.3, 0.4) is 0 Å². The Balaban J connectivity index is 2.24. The smallest absolute Gasteiger partial charge is 0.184 e. The van der Waals surface area contributed by atoms with E-state index in [0.29, 0.717) is 25.9 Å². The van der Waals surface area contributed by atoms with Crippen LogP contribution in [0, 0.1) is 11.6 Å². The standard InChI is InChI=1S/C11H14F2N2O/c12-10-8(14)1-2-9(11(10)13)15-5-3-7(16)4-6-15/h1-2,7,16H,3-6,14H2. The molecule has 0 saturated carbocycles. The van der Waals surface area contributed by atoms with E-state index in [1.807, 2.05) is 0 Å². The largest absolute Gasteiger partial charge is 0.396 e. The van der Waals surface area contributed by atoms with Gasteiger partial charge < -0.3 is 15.7 Å². The lowest BCUT2D eigenvalue weighted by Gasteiger charge is -2.31. The minimum atomic E-state index is -0.997. The van der Waals surface area contributed by atoms with Crippen molar-refractivity contribution in [1.82, 2.24) is 0 Å². The van der Waals surface area contributed by atoms with Crippen LogP contribution in [-0.4, -0.2) is 24.3 Å². The second kappa shape index (κ2) is 4.25. The Labute approximate surface area is 92.5 Å². The average Bonchev–Trinajstić information content (AvgIpc) is 2.28. The van der Waals surface area contributed by atoms with Gasteiger partial charge in [0.2, 0.25) is 0 Å². The van der Waals surface area contributed by atoms with Crippen molar-refractivity contribution in [2.45, 2.75) is 18.9 Å². The van der Waals surface area contributed by atoms with Crippen LogP contribution in [-0.2, 0) is 0 Å². The molecule has 1 aliphatic heterocycles. The lowest BCUT2D eigenvalue weighted by atomic mass is 10.1. The molecule has 1 aliphatic rings. The fourth-order valence-electron chi connectivity index (χ4n) is 1.91. The number of halogens is 2. The number of benzene rings is 1. The number of nitrogens with zero attached hydrogens (tertiary/aromatic N) is 1. The highest BCUT2D eigenvalue weighted by Crippen LogP contribution is 2.27. The zero-order valence-electron chi connectivity index (χ0n) is 8.79. The predicted molar refractivity (Wildman–Crippen MR) is 58.2 cm³/mol. The molecule has 16 heavy (non-hydrogen) atoms. The molecule has 3 nitrogen and oxygen atoms in total. The van der Waals surface area contributed by atoms with E-state index in [0.717, 1.165) is 0 Å². The molecule has 1 aromatic rings. The van der Waals surface area contributed by atoms with Gasteiger partial charge in [-0.25, -0.2) is 8.78 Å². The van der Waals surface area contributed by atoms with Gasteiger partial charge in [-0.05, 0) is 25.0 Å². The predicted octanol–water partition coefficient (Wildman–Crippen LogP) is 1.51. The maximum Gasteiger partial charge on any atom is 0.184 e. The summed E-state index contributed by atoms with van der Waals surface area (Å²) in [5.41, 5.74) is 5.31. The van der Waals surface area contributed by atoms with Crippen LogP contribution < -0.4 is 10.6 Å². The van der Waals surface area contributed by atoms with Gasteiger partial charge in [0.1, 0.15) is 0 Å². The third-order valence-corrected chi connectivity index (χ3v) is 2.90. The van der Waals surface area contributed by atoms with E-state index in [1.54, 1.807) is 4.90 Å². The van der Waals surface area contributed by atoms with Gasteiger partial charge in [0.15, 0.2) is 11.6 Å². The summed E-state index contributed by atoms with van der Waals surface area (Å²) in [7, 11) is 0. The van der Waals surface area contributed by atoms with Crippen molar-refractivity contribution in [3.8, 4) is 0 Å². The Bertz CT molecular complexity index is 390. The van der Waals surface area contributed by atoms with Crippen molar-refractivity contribution in [2.24, 2.45) is 0 Å². The van der Waals surface area contributed by atoms with E-state index in [1.165, 1.54) is 12.1 Å². The first-order valence-electron chi connectivity index (χ1n) is 5.26.